The highest BCUT2D eigenvalue weighted by Gasteiger charge is 2.36. The molecule has 9 heteroatoms. The second kappa shape index (κ2) is 7.52. The zero-order chi connectivity index (χ0) is 22.3. The van der Waals surface area contributed by atoms with Crippen LogP contribution in [0.4, 0.5) is 4.79 Å². The van der Waals surface area contributed by atoms with E-state index in [1.54, 1.807) is 42.5 Å². The number of methoxy groups -OCH3 is 1. The van der Waals surface area contributed by atoms with E-state index in [-0.39, 0.29) is 12.1 Å². The second-order valence-electron chi connectivity index (χ2n) is 6.99. The zero-order valence-corrected chi connectivity index (χ0v) is 16.7. The van der Waals surface area contributed by atoms with Crippen LogP contribution < -0.4 is 10.1 Å². The number of carbonyl (C=O) groups is 5. The van der Waals surface area contributed by atoms with Crippen LogP contribution in [0.15, 0.2) is 48.0 Å². The molecule has 4 rings (SSSR count). The summed E-state index contributed by atoms with van der Waals surface area (Å²) in [6, 6.07) is 10.6. The summed E-state index contributed by atoms with van der Waals surface area (Å²) in [7, 11) is 2.72. The summed E-state index contributed by atoms with van der Waals surface area (Å²) >= 11 is 0. The summed E-state index contributed by atoms with van der Waals surface area (Å²) in [6.45, 7) is -0.0505. The topological polar surface area (TPSA) is 113 Å². The number of nitrogens with one attached hydrogen (secondary N) is 1. The lowest BCUT2D eigenvalue weighted by Crippen LogP contribution is -2.52. The Hall–Kier alpha value is -4.27. The number of benzene rings is 2. The molecule has 1 N–H and O–H groups in total. The van der Waals surface area contributed by atoms with Crippen molar-refractivity contribution in [3.8, 4) is 5.75 Å². The highest BCUT2D eigenvalue weighted by Crippen LogP contribution is 2.28. The molecule has 0 aromatic heterocycles. The Labute approximate surface area is 176 Å². The fourth-order valence-electron chi connectivity index (χ4n) is 3.48. The minimum Gasteiger partial charge on any atom is -0.496 e. The molecule has 0 atom stereocenters. The first kappa shape index (κ1) is 20.0. The number of ether oxygens (including phenoxy) is 1. The molecule has 0 unspecified atom stereocenters. The molecule has 2 aromatic carbocycles. The van der Waals surface area contributed by atoms with Gasteiger partial charge in [-0.15, -0.1) is 0 Å². The third kappa shape index (κ3) is 3.35. The fraction of sp³-hybridized carbons (Fsp3) is 0.136. The summed E-state index contributed by atoms with van der Waals surface area (Å²) in [4.78, 5) is 63.2. The van der Waals surface area contributed by atoms with Crippen LogP contribution in [-0.2, 0) is 16.1 Å². The molecule has 2 aliphatic rings. The van der Waals surface area contributed by atoms with Gasteiger partial charge in [-0.3, -0.25) is 34.3 Å². The van der Waals surface area contributed by atoms with Gasteiger partial charge in [0.15, 0.2) is 0 Å². The van der Waals surface area contributed by atoms with Crippen LogP contribution in [0.5, 0.6) is 5.75 Å². The lowest BCUT2D eigenvalue weighted by atomic mass is 10.0. The first-order valence-electron chi connectivity index (χ1n) is 9.29. The minimum atomic E-state index is -0.800. The van der Waals surface area contributed by atoms with Crippen LogP contribution in [0.3, 0.4) is 0 Å². The Morgan fingerprint density at radius 2 is 1.58 bits per heavy atom. The predicted octanol–water partition coefficient (Wildman–Crippen LogP) is 1.58. The van der Waals surface area contributed by atoms with Gasteiger partial charge in [-0.25, -0.2) is 4.79 Å². The van der Waals surface area contributed by atoms with E-state index in [1.165, 1.54) is 20.2 Å². The van der Waals surface area contributed by atoms with Gasteiger partial charge in [0.2, 0.25) is 0 Å². The molecule has 0 bridgehead atoms. The maximum absolute atomic E-state index is 12.7. The Bertz CT molecular complexity index is 1160. The zero-order valence-electron chi connectivity index (χ0n) is 16.7. The van der Waals surface area contributed by atoms with Gasteiger partial charge >= 0.3 is 6.03 Å². The van der Waals surface area contributed by atoms with Gasteiger partial charge in [-0.2, -0.15) is 0 Å². The van der Waals surface area contributed by atoms with Gasteiger partial charge in [-0.05, 0) is 35.9 Å². The summed E-state index contributed by atoms with van der Waals surface area (Å²) in [5, 5.41) is 2.08. The van der Waals surface area contributed by atoms with Gasteiger partial charge in [0.1, 0.15) is 11.3 Å². The normalized spacial score (nSPS) is 17.4. The predicted molar refractivity (Wildman–Crippen MR) is 108 cm³/mol. The number of likely N-dealkylation sites (N-methyl/N-ethyl adjacent to an activating group) is 1. The molecule has 1 fully saturated rings. The molecule has 0 spiro atoms. The van der Waals surface area contributed by atoms with Crippen molar-refractivity contribution in [3.05, 3.63) is 70.3 Å². The molecule has 0 aliphatic carbocycles. The number of amides is 6. The molecular weight excluding hydrogens is 402 g/mol. The lowest BCUT2D eigenvalue weighted by molar-refractivity contribution is -0.129. The third-order valence-corrected chi connectivity index (χ3v) is 5.13. The first-order valence-corrected chi connectivity index (χ1v) is 9.29. The summed E-state index contributed by atoms with van der Waals surface area (Å²) < 4.78 is 5.35. The largest absolute Gasteiger partial charge is 0.496 e. The second-order valence-corrected chi connectivity index (χ2v) is 6.99. The van der Waals surface area contributed by atoms with E-state index >= 15 is 0 Å². The summed E-state index contributed by atoms with van der Waals surface area (Å²) in [5.74, 6) is -1.91. The number of urea groups is 1. The first-order chi connectivity index (χ1) is 14.8. The molecule has 31 heavy (non-hydrogen) atoms. The number of hydrogen-bond donors (Lipinski definition) is 1. The van der Waals surface area contributed by atoms with Crippen LogP contribution >= 0.6 is 0 Å². The van der Waals surface area contributed by atoms with E-state index in [9.17, 15) is 24.0 Å². The van der Waals surface area contributed by atoms with Crippen molar-refractivity contribution in [1.29, 1.82) is 0 Å². The number of rotatable bonds is 4. The fourth-order valence-corrected chi connectivity index (χ4v) is 3.48. The van der Waals surface area contributed by atoms with Crippen molar-refractivity contribution in [1.82, 2.24) is 15.1 Å². The third-order valence-electron chi connectivity index (χ3n) is 5.13. The molecule has 0 saturated carbocycles. The van der Waals surface area contributed by atoms with E-state index < -0.39 is 29.7 Å². The maximum Gasteiger partial charge on any atom is 0.331 e. The number of carbonyl (C=O) groups excluding carboxylic acids is 5. The molecule has 9 nitrogen and oxygen atoms in total. The number of hydrogen-bond acceptors (Lipinski definition) is 6. The van der Waals surface area contributed by atoms with Crippen molar-refractivity contribution in [2.75, 3.05) is 14.2 Å². The Morgan fingerprint density at radius 1 is 0.935 bits per heavy atom. The van der Waals surface area contributed by atoms with Crippen LogP contribution in [0.25, 0.3) is 6.08 Å². The van der Waals surface area contributed by atoms with Crippen molar-refractivity contribution < 1.29 is 28.7 Å². The number of barbiturate groups is 1. The van der Waals surface area contributed by atoms with E-state index in [0.717, 1.165) is 9.80 Å². The van der Waals surface area contributed by atoms with Crippen LogP contribution in [0, 0.1) is 0 Å². The average Bonchev–Trinajstić information content (AvgIpc) is 3.00. The van der Waals surface area contributed by atoms with Crippen molar-refractivity contribution >= 4 is 35.7 Å². The van der Waals surface area contributed by atoms with Crippen molar-refractivity contribution in [2.24, 2.45) is 0 Å². The van der Waals surface area contributed by atoms with Crippen molar-refractivity contribution in [3.63, 3.8) is 0 Å². The highest BCUT2D eigenvalue weighted by atomic mass is 16.5. The number of nitrogens with zero attached hydrogens (tertiary/aromatic N) is 2. The Kier molecular flexibility index (Phi) is 4.86. The molecule has 1 saturated heterocycles. The molecule has 2 aliphatic heterocycles. The maximum atomic E-state index is 12.7. The Balaban J connectivity index is 1.67. The van der Waals surface area contributed by atoms with E-state index in [4.69, 9.17) is 4.74 Å². The molecule has 2 aromatic rings. The quantitative estimate of drug-likeness (QED) is 0.457. The van der Waals surface area contributed by atoms with Crippen LogP contribution in [-0.4, -0.2) is 53.6 Å². The van der Waals surface area contributed by atoms with Crippen LogP contribution in [0.2, 0.25) is 0 Å². The van der Waals surface area contributed by atoms with Gasteiger partial charge in [0.25, 0.3) is 23.6 Å². The average molecular weight is 419 g/mol. The lowest BCUT2D eigenvalue weighted by Gasteiger charge is -2.22. The van der Waals surface area contributed by atoms with Crippen LogP contribution in [0.1, 0.15) is 31.8 Å². The van der Waals surface area contributed by atoms with Gasteiger partial charge in [-0.1, -0.05) is 18.2 Å². The standard InChI is InChI=1S/C22H17N3O6/c1-24-19(27)16(18(26)23-22(24)30)10-12-7-8-17(31-2)13(9-12)11-25-20(28)14-5-3-4-6-15(14)21(25)29/h3-10H,11H2,1-2H3,(H,23,26,30)/b16-10-. The molecule has 0 radical (unpaired) electrons. The number of imide groups is 3. The molecule has 156 valence electrons. The van der Waals surface area contributed by atoms with Gasteiger partial charge in [0.05, 0.1) is 24.8 Å². The van der Waals surface area contributed by atoms with E-state index in [1.807, 2.05) is 0 Å². The summed E-state index contributed by atoms with van der Waals surface area (Å²) in [5.41, 5.74) is 1.44. The Morgan fingerprint density at radius 3 is 2.19 bits per heavy atom. The van der Waals surface area contributed by atoms with E-state index in [2.05, 4.69) is 5.32 Å². The monoisotopic (exact) mass is 419 g/mol. The molecular formula is C22H17N3O6. The minimum absolute atomic E-state index is 0.0505. The molecule has 6 amide bonds. The smallest absolute Gasteiger partial charge is 0.331 e. The SMILES string of the molecule is COc1ccc(/C=C2/C(=O)NC(=O)N(C)C2=O)cc1CN1C(=O)c2ccccc2C1=O. The van der Waals surface area contributed by atoms with Gasteiger partial charge in [0, 0.05) is 12.6 Å². The van der Waals surface area contributed by atoms with Crippen molar-refractivity contribution in [2.45, 2.75) is 6.54 Å². The van der Waals surface area contributed by atoms with Gasteiger partial charge < -0.3 is 4.74 Å². The summed E-state index contributed by atoms with van der Waals surface area (Å²) in [6.07, 6.45) is 1.34. The molecule has 2 heterocycles. The number of fused-ring (bicyclic) bond motifs is 1. The van der Waals surface area contributed by atoms with E-state index in [0.29, 0.717) is 28.0 Å². The highest BCUT2D eigenvalue weighted by molar-refractivity contribution is 6.30.